The van der Waals surface area contributed by atoms with Crippen molar-refractivity contribution in [3.8, 4) is 6.07 Å². The van der Waals surface area contributed by atoms with E-state index < -0.39 is 5.41 Å². The number of alkyl halides is 1. The van der Waals surface area contributed by atoms with Gasteiger partial charge in [0.15, 0.2) is 0 Å². The Morgan fingerprint density at radius 2 is 1.65 bits per heavy atom. The lowest BCUT2D eigenvalue weighted by Gasteiger charge is -2.24. The molecule has 0 amide bonds. The Labute approximate surface area is 129 Å². The van der Waals surface area contributed by atoms with Crippen LogP contribution < -0.4 is 0 Å². The smallest absolute Gasteiger partial charge is 0.0960 e. The maximum atomic E-state index is 9.60. The largest absolute Gasteiger partial charge is 0.197 e. The van der Waals surface area contributed by atoms with Crippen molar-refractivity contribution in [1.82, 2.24) is 0 Å². The minimum atomic E-state index is -0.636. The van der Waals surface area contributed by atoms with Crippen LogP contribution >= 0.6 is 23.2 Å². The van der Waals surface area contributed by atoms with Gasteiger partial charge in [0.05, 0.1) is 11.5 Å². The summed E-state index contributed by atoms with van der Waals surface area (Å²) in [6, 6.07) is 19.9. The second-order valence-corrected chi connectivity index (χ2v) is 5.52. The van der Waals surface area contributed by atoms with E-state index in [-0.39, 0.29) is 0 Å². The van der Waals surface area contributed by atoms with E-state index in [1.54, 1.807) is 0 Å². The summed E-state index contributed by atoms with van der Waals surface area (Å²) < 4.78 is 0. The predicted molar refractivity (Wildman–Crippen MR) is 84.2 cm³/mol. The molecule has 0 aliphatic rings. The van der Waals surface area contributed by atoms with Crippen LogP contribution in [-0.4, -0.2) is 5.88 Å². The van der Waals surface area contributed by atoms with Gasteiger partial charge in [-0.1, -0.05) is 54.1 Å². The summed E-state index contributed by atoms with van der Waals surface area (Å²) in [5.41, 5.74) is 1.50. The van der Waals surface area contributed by atoms with Crippen LogP contribution in [-0.2, 0) is 11.8 Å². The average molecular weight is 304 g/mol. The highest BCUT2D eigenvalue weighted by atomic mass is 35.5. The number of nitriles is 1. The molecular formula is C17H15Cl2N. The van der Waals surface area contributed by atoms with Crippen molar-refractivity contribution in [3.63, 3.8) is 0 Å². The highest BCUT2D eigenvalue weighted by Crippen LogP contribution is 2.30. The predicted octanol–water partition coefficient (Wildman–Crippen LogP) is 4.97. The first-order valence-corrected chi connectivity index (χ1v) is 7.39. The summed E-state index contributed by atoms with van der Waals surface area (Å²) in [6.07, 6.45) is 1.49. The van der Waals surface area contributed by atoms with Crippen LogP contribution in [0.4, 0.5) is 0 Å². The van der Waals surface area contributed by atoms with Crippen molar-refractivity contribution in [3.05, 3.63) is 70.7 Å². The van der Waals surface area contributed by atoms with Crippen molar-refractivity contribution in [1.29, 1.82) is 5.26 Å². The van der Waals surface area contributed by atoms with Crippen LogP contribution in [0.1, 0.15) is 17.5 Å². The molecule has 0 fully saturated rings. The van der Waals surface area contributed by atoms with Gasteiger partial charge in [-0.2, -0.15) is 5.26 Å². The summed E-state index contributed by atoms with van der Waals surface area (Å²) in [6.45, 7) is 0. The van der Waals surface area contributed by atoms with Crippen molar-refractivity contribution >= 4 is 23.2 Å². The standard InChI is InChI=1S/C17H15Cl2N/c18-12-17(13-20,15-4-2-1-3-5-15)11-10-14-6-8-16(19)9-7-14/h1-9H,10-12H2. The second-order valence-electron chi connectivity index (χ2n) is 4.82. The lowest BCUT2D eigenvalue weighted by atomic mass is 9.79. The third kappa shape index (κ3) is 3.33. The van der Waals surface area contributed by atoms with E-state index in [0.29, 0.717) is 12.3 Å². The molecule has 0 heterocycles. The molecule has 0 saturated carbocycles. The molecule has 20 heavy (non-hydrogen) atoms. The number of hydrogen-bond donors (Lipinski definition) is 0. The summed E-state index contributed by atoms with van der Waals surface area (Å²) in [5.74, 6) is 0.293. The molecule has 1 unspecified atom stereocenters. The Morgan fingerprint density at radius 1 is 1.00 bits per heavy atom. The van der Waals surface area contributed by atoms with Gasteiger partial charge in [-0.3, -0.25) is 0 Å². The number of halogens is 2. The summed E-state index contributed by atoms with van der Waals surface area (Å²) in [7, 11) is 0. The Bertz CT molecular complexity index is 587. The molecule has 102 valence electrons. The lowest BCUT2D eigenvalue weighted by Crippen LogP contribution is -2.27. The van der Waals surface area contributed by atoms with Gasteiger partial charge >= 0.3 is 0 Å². The monoisotopic (exact) mass is 303 g/mol. The first-order chi connectivity index (χ1) is 9.70. The second kappa shape index (κ2) is 6.79. The molecule has 2 aromatic rings. The van der Waals surface area contributed by atoms with Gasteiger partial charge in [-0.05, 0) is 36.1 Å². The van der Waals surface area contributed by atoms with Crippen LogP contribution in [0.5, 0.6) is 0 Å². The number of nitrogens with zero attached hydrogens (tertiary/aromatic N) is 1. The SMILES string of the molecule is N#CC(CCl)(CCc1ccc(Cl)cc1)c1ccccc1. The molecule has 0 saturated heterocycles. The first-order valence-electron chi connectivity index (χ1n) is 6.47. The van der Waals surface area contributed by atoms with Crippen molar-refractivity contribution in [2.24, 2.45) is 0 Å². The van der Waals surface area contributed by atoms with Gasteiger partial charge < -0.3 is 0 Å². The molecule has 2 aromatic carbocycles. The van der Waals surface area contributed by atoms with Crippen LogP contribution in [0.3, 0.4) is 0 Å². The Balaban J connectivity index is 2.18. The minimum Gasteiger partial charge on any atom is -0.197 e. The fraction of sp³-hybridized carbons (Fsp3) is 0.235. The van der Waals surface area contributed by atoms with Crippen LogP contribution in [0.15, 0.2) is 54.6 Å². The normalized spacial score (nSPS) is 13.4. The van der Waals surface area contributed by atoms with E-state index in [1.807, 2.05) is 54.6 Å². The van der Waals surface area contributed by atoms with Gasteiger partial charge in [0.25, 0.3) is 0 Å². The number of benzene rings is 2. The number of rotatable bonds is 5. The number of aryl methyl sites for hydroxylation is 1. The zero-order valence-electron chi connectivity index (χ0n) is 11.0. The third-order valence-corrected chi connectivity index (χ3v) is 4.23. The molecule has 0 N–H and O–H groups in total. The van der Waals surface area contributed by atoms with Gasteiger partial charge in [0, 0.05) is 10.9 Å². The molecule has 0 radical (unpaired) electrons. The Hall–Kier alpha value is -1.49. The topological polar surface area (TPSA) is 23.8 Å². The molecule has 0 bridgehead atoms. The van der Waals surface area contributed by atoms with Gasteiger partial charge in [-0.25, -0.2) is 0 Å². The van der Waals surface area contributed by atoms with Crippen LogP contribution in [0, 0.1) is 11.3 Å². The zero-order valence-corrected chi connectivity index (χ0v) is 12.5. The van der Waals surface area contributed by atoms with Gasteiger partial charge in [0.2, 0.25) is 0 Å². The average Bonchev–Trinajstić information content (AvgIpc) is 2.51. The summed E-state index contributed by atoms with van der Waals surface area (Å²) in [5, 5.41) is 10.3. The molecule has 2 rings (SSSR count). The molecule has 0 spiro atoms. The van der Waals surface area contributed by atoms with E-state index in [9.17, 15) is 5.26 Å². The van der Waals surface area contributed by atoms with Crippen LogP contribution in [0.2, 0.25) is 5.02 Å². The highest BCUT2D eigenvalue weighted by molar-refractivity contribution is 6.30. The van der Waals surface area contributed by atoms with Crippen molar-refractivity contribution in [2.45, 2.75) is 18.3 Å². The lowest BCUT2D eigenvalue weighted by molar-refractivity contribution is 0.559. The molecule has 0 aliphatic carbocycles. The van der Waals surface area contributed by atoms with Gasteiger partial charge in [-0.15, -0.1) is 11.6 Å². The molecular weight excluding hydrogens is 289 g/mol. The van der Waals surface area contributed by atoms with Crippen molar-refractivity contribution < 1.29 is 0 Å². The molecule has 1 atom stereocenters. The maximum absolute atomic E-state index is 9.60. The van der Waals surface area contributed by atoms with E-state index >= 15 is 0 Å². The summed E-state index contributed by atoms with van der Waals surface area (Å²) in [4.78, 5) is 0. The van der Waals surface area contributed by atoms with E-state index in [1.165, 1.54) is 0 Å². The van der Waals surface area contributed by atoms with Gasteiger partial charge in [0.1, 0.15) is 0 Å². The molecule has 0 aliphatic heterocycles. The molecule has 1 nitrogen and oxygen atoms in total. The van der Waals surface area contributed by atoms with E-state index in [0.717, 1.165) is 22.6 Å². The highest BCUT2D eigenvalue weighted by Gasteiger charge is 2.30. The Morgan fingerprint density at radius 3 is 2.20 bits per heavy atom. The minimum absolute atomic E-state index is 0.293. The zero-order chi connectivity index (χ0) is 14.4. The quantitative estimate of drug-likeness (QED) is 0.715. The van der Waals surface area contributed by atoms with E-state index in [4.69, 9.17) is 23.2 Å². The fourth-order valence-electron chi connectivity index (χ4n) is 2.20. The van der Waals surface area contributed by atoms with Crippen molar-refractivity contribution in [2.75, 3.05) is 5.88 Å². The first kappa shape index (κ1) is 14.9. The molecule has 0 aromatic heterocycles. The van der Waals surface area contributed by atoms with E-state index in [2.05, 4.69) is 6.07 Å². The molecule has 3 heteroatoms. The fourth-order valence-corrected chi connectivity index (χ4v) is 2.68. The van der Waals surface area contributed by atoms with Crippen LogP contribution in [0.25, 0.3) is 0 Å². The maximum Gasteiger partial charge on any atom is 0.0960 e. The third-order valence-electron chi connectivity index (χ3n) is 3.52. The number of hydrogen-bond acceptors (Lipinski definition) is 1. The summed E-state index contributed by atoms with van der Waals surface area (Å²) >= 11 is 12.0. The Kier molecular flexibility index (Phi) is 5.06.